The Morgan fingerprint density at radius 2 is 2.06 bits per heavy atom. The van der Waals surface area contributed by atoms with Crippen molar-refractivity contribution < 1.29 is 4.79 Å². The number of hydrogen-bond acceptors (Lipinski definition) is 3. The number of rotatable bonds is 3. The molecular formula is C12H12N4OS. The van der Waals surface area contributed by atoms with Crippen molar-refractivity contribution in [1.82, 2.24) is 10.2 Å². The third-order valence-corrected chi connectivity index (χ3v) is 2.74. The molecule has 0 spiro atoms. The molecule has 1 amide bonds. The molecule has 92 valence electrons. The summed E-state index contributed by atoms with van der Waals surface area (Å²) in [7, 11) is 0. The Hall–Kier alpha value is -2.21. The van der Waals surface area contributed by atoms with E-state index in [1.165, 1.54) is 6.20 Å². The molecule has 0 saturated heterocycles. The number of thiocarbonyl (C=S) groups is 1. The van der Waals surface area contributed by atoms with Crippen molar-refractivity contribution in [2.24, 2.45) is 5.73 Å². The Balaban J connectivity index is 2.13. The lowest BCUT2D eigenvalue weighted by Gasteiger charge is -2.05. The molecule has 0 fully saturated rings. The summed E-state index contributed by atoms with van der Waals surface area (Å²) in [5, 5.41) is 9.29. The third kappa shape index (κ3) is 2.54. The first-order valence-corrected chi connectivity index (χ1v) is 5.70. The van der Waals surface area contributed by atoms with Gasteiger partial charge in [0.25, 0.3) is 5.91 Å². The Morgan fingerprint density at radius 3 is 2.56 bits per heavy atom. The number of aryl methyl sites for hydroxylation is 1. The molecule has 5 nitrogen and oxygen atoms in total. The zero-order valence-electron chi connectivity index (χ0n) is 9.73. The maximum absolute atomic E-state index is 11.9. The summed E-state index contributed by atoms with van der Waals surface area (Å²) in [4.78, 5) is 12.2. The first kappa shape index (κ1) is 12.3. The van der Waals surface area contributed by atoms with Gasteiger partial charge in [-0.25, -0.2) is 0 Å². The van der Waals surface area contributed by atoms with E-state index in [0.29, 0.717) is 16.2 Å². The molecule has 0 atom stereocenters. The minimum Gasteiger partial charge on any atom is -0.389 e. The first-order chi connectivity index (χ1) is 8.58. The van der Waals surface area contributed by atoms with Gasteiger partial charge < -0.3 is 11.1 Å². The normalized spacial score (nSPS) is 10.1. The number of H-pyrrole nitrogens is 1. The third-order valence-electron chi connectivity index (χ3n) is 2.50. The highest BCUT2D eigenvalue weighted by Crippen LogP contribution is 2.12. The second-order valence-corrected chi connectivity index (χ2v) is 4.24. The molecule has 0 unspecified atom stereocenters. The quantitative estimate of drug-likeness (QED) is 0.732. The van der Waals surface area contributed by atoms with Crippen LogP contribution in [0.2, 0.25) is 0 Å². The van der Waals surface area contributed by atoms with E-state index >= 15 is 0 Å². The van der Waals surface area contributed by atoms with Gasteiger partial charge in [-0.05, 0) is 31.2 Å². The molecule has 0 aliphatic carbocycles. The summed E-state index contributed by atoms with van der Waals surface area (Å²) >= 11 is 4.85. The van der Waals surface area contributed by atoms with Gasteiger partial charge in [0.1, 0.15) is 4.99 Å². The zero-order valence-corrected chi connectivity index (χ0v) is 10.5. The molecule has 18 heavy (non-hydrogen) atoms. The number of benzene rings is 1. The average Bonchev–Trinajstić information content (AvgIpc) is 2.76. The van der Waals surface area contributed by atoms with E-state index in [1.54, 1.807) is 31.2 Å². The van der Waals surface area contributed by atoms with Crippen LogP contribution in [0.3, 0.4) is 0 Å². The molecule has 0 saturated carbocycles. The molecule has 4 N–H and O–H groups in total. The second kappa shape index (κ2) is 4.97. The van der Waals surface area contributed by atoms with Gasteiger partial charge in [0, 0.05) is 16.9 Å². The van der Waals surface area contributed by atoms with E-state index in [-0.39, 0.29) is 5.91 Å². The van der Waals surface area contributed by atoms with Gasteiger partial charge in [0.15, 0.2) is 0 Å². The first-order valence-electron chi connectivity index (χ1n) is 5.29. The molecule has 0 bridgehead atoms. The van der Waals surface area contributed by atoms with Crippen LogP contribution in [-0.4, -0.2) is 21.1 Å². The summed E-state index contributed by atoms with van der Waals surface area (Å²) < 4.78 is 0. The van der Waals surface area contributed by atoms with Gasteiger partial charge in [0.2, 0.25) is 0 Å². The number of nitrogens with one attached hydrogen (secondary N) is 2. The largest absolute Gasteiger partial charge is 0.389 e. The molecular weight excluding hydrogens is 248 g/mol. The number of aromatic nitrogens is 2. The van der Waals surface area contributed by atoms with Crippen molar-refractivity contribution in [3.05, 3.63) is 47.3 Å². The number of nitrogens with zero attached hydrogens (tertiary/aromatic N) is 1. The molecule has 2 rings (SSSR count). The smallest absolute Gasteiger partial charge is 0.259 e. The molecule has 0 radical (unpaired) electrons. The fraction of sp³-hybridized carbons (Fsp3) is 0.0833. The summed E-state index contributed by atoms with van der Waals surface area (Å²) in [6.07, 6.45) is 1.49. The second-order valence-electron chi connectivity index (χ2n) is 3.80. The Kier molecular flexibility index (Phi) is 3.38. The van der Waals surface area contributed by atoms with Crippen LogP contribution in [0.25, 0.3) is 0 Å². The van der Waals surface area contributed by atoms with Crippen molar-refractivity contribution >= 4 is 28.8 Å². The fourth-order valence-corrected chi connectivity index (χ4v) is 1.63. The predicted octanol–water partition coefficient (Wildman–Crippen LogP) is 1.60. The van der Waals surface area contributed by atoms with Gasteiger partial charge >= 0.3 is 0 Å². The zero-order chi connectivity index (χ0) is 13.1. The number of carbonyl (C=O) groups is 1. The number of aromatic amines is 1. The van der Waals surface area contributed by atoms with Crippen LogP contribution in [0.4, 0.5) is 5.69 Å². The van der Waals surface area contributed by atoms with Crippen LogP contribution in [0.5, 0.6) is 0 Å². The lowest BCUT2D eigenvalue weighted by Crippen LogP contribution is -2.13. The fourth-order valence-electron chi connectivity index (χ4n) is 1.50. The maximum Gasteiger partial charge on any atom is 0.259 e. The Bertz CT molecular complexity index is 588. The number of hydrogen-bond donors (Lipinski definition) is 3. The van der Waals surface area contributed by atoms with Gasteiger partial charge in [-0.3, -0.25) is 9.89 Å². The van der Waals surface area contributed by atoms with Gasteiger partial charge in [0.05, 0.1) is 11.8 Å². The van der Waals surface area contributed by atoms with Crippen molar-refractivity contribution in [3.63, 3.8) is 0 Å². The highest BCUT2D eigenvalue weighted by molar-refractivity contribution is 7.80. The van der Waals surface area contributed by atoms with E-state index in [4.69, 9.17) is 18.0 Å². The topological polar surface area (TPSA) is 83.8 Å². The standard InChI is InChI=1S/C12H12N4OS/c1-7-10(6-14-16-7)12(17)15-9-4-2-8(3-5-9)11(13)18/h2-6H,1H3,(H2,13,18)(H,14,16)(H,15,17). The van der Waals surface area contributed by atoms with E-state index in [1.807, 2.05) is 0 Å². The van der Waals surface area contributed by atoms with Crippen LogP contribution in [0.1, 0.15) is 21.6 Å². The molecule has 6 heteroatoms. The minimum absolute atomic E-state index is 0.204. The summed E-state index contributed by atoms with van der Waals surface area (Å²) in [5.74, 6) is -0.204. The highest BCUT2D eigenvalue weighted by Gasteiger charge is 2.10. The van der Waals surface area contributed by atoms with E-state index in [2.05, 4.69) is 15.5 Å². The lowest BCUT2D eigenvalue weighted by molar-refractivity contribution is 0.102. The number of carbonyl (C=O) groups excluding carboxylic acids is 1. The molecule has 1 aromatic carbocycles. The van der Waals surface area contributed by atoms with Crippen LogP contribution >= 0.6 is 12.2 Å². The molecule has 1 heterocycles. The van der Waals surface area contributed by atoms with Crippen LogP contribution < -0.4 is 11.1 Å². The van der Waals surface area contributed by atoms with Crippen LogP contribution in [-0.2, 0) is 0 Å². The van der Waals surface area contributed by atoms with E-state index in [9.17, 15) is 4.79 Å². The summed E-state index contributed by atoms with van der Waals surface area (Å²) in [6.45, 7) is 1.79. The van der Waals surface area contributed by atoms with Crippen molar-refractivity contribution in [1.29, 1.82) is 0 Å². The monoisotopic (exact) mass is 260 g/mol. The van der Waals surface area contributed by atoms with Crippen molar-refractivity contribution in [3.8, 4) is 0 Å². The number of anilines is 1. The van der Waals surface area contributed by atoms with Gasteiger partial charge in [-0.15, -0.1) is 0 Å². The van der Waals surface area contributed by atoms with Gasteiger partial charge in [-0.2, -0.15) is 5.10 Å². The predicted molar refractivity (Wildman–Crippen MR) is 73.6 cm³/mol. The molecule has 0 aliphatic heterocycles. The van der Waals surface area contributed by atoms with Gasteiger partial charge in [-0.1, -0.05) is 12.2 Å². The van der Waals surface area contributed by atoms with Crippen molar-refractivity contribution in [2.45, 2.75) is 6.92 Å². The van der Waals surface area contributed by atoms with E-state index in [0.717, 1.165) is 11.3 Å². The van der Waals surface area contributed by atoms with Crippen LogP contribution in [0, 0.1) is 6.92 Å². The molecule has 2 aromatic rings. The van der Waals surface area contributed by atoms with Crippen molar-refractivity contribution in [2.75, 3.05) is 5.32 Å². The summed E-state index contributed by atoms with van der Waals surface area (Å²) in [5.41, 5.74) is 8.19. The van der Waals surface area contributed by atoms with E-state index < -0.39 is 0 Å². The number of nitrogens with two attached hydrogens (primary N) is 1. The molecule has 1 aromatic heterocycles. The summed E-state index contributed by atoms with van der Waals surface area (Å²) in [6, 6.07) is 7.03. The SMILES string of the molecule is Cc1[nH]ncc1C(=O)Nc1ccc(C(N)=S)cc1. The minimum atomic E-state index is -0.204. The highest BCUT2D eigenvalue weighted by atomic mass is 32.1. The number of amides is 1. The molecule has 0 aliphatic rings. The lowest BCUT2D eigenvalue weighted by atomic mass is 10.2. The maximum atomic E-state index is 11.9. The Morgan fingerprint density at radius 1 is 1.39 bits per heavy atom. The average molecular weight is 260 g/mol. The Labute approximate surface area is 109 Å². The van der Waals surface area contributed by atoms with Crippen LogP contribution in [0.15, 0.2) is 30.5 Å².